The molecule has 13 nitrogen and oxygen atoms in total. The van der Waals surface area contributed by atoms with Crippen molar-refractivity contribution in [3.63, 3.8) is 0 Å². The molecule has 334 valence electrons. The number of aryl methyl sites for hydroxylation is 1. The molecular formula is C51H41N7O6S3. The largest absolute Gasteiger partial charge is 0.448 e. The Bertz CT molecular complexity index is 2880. The molecule has 0 aliphatic carbocycles. The summed E-state index contributed by atoms with van der Waals surface area (Å²) in [7, 11) is 1.29. The van der Waals surface area contributed by atoms with Crippen molar-refractivity contribution in [2.24, 2.45) is 5.16 Å². The first-order valence-electron chi connectivity index (χ1n) is 21.2. The molecule has 1 saturated heterocycles. The van der Waals surface area contributed by atoms with Gasteiger partial charge in [-0.25, -0.2) is 9.78 Å². The molecule has 2 aromatic heterocycles. The quantitative estimate of drug-likeness (QED) is 0.0183. The second-order valence-corrected chi connectivity index (χ2v) is 18.2. The number of anilines is 1. The summed E-state index contributed by atoms with van der Waals surface area (Å²) >= 11 is 8.29. The van der Waals surface area contributed by atoms with Crippen LogP contribution in [-0.4, -0.2) is 73.4 Å². The number of oxime groups is 1. The number of nitrogens with one attached hydrogen (secondary N) is 2. The van der Waals surface area contributed by atoms with Crippen LogP contribution < -0.4 is 10.6 Å². The standard InChI is InChI=1S/C51H41N7O6S3/c1-31-55-56-47(67-31)40(65)29-34-28-39(59)44-42(48(61)58(44)43(34)49(62)64-45(32-18-8-3-9-19-32)33-20-10-4-11-21-33)53-46(60)41(57-63-2)38-30-66-50(52-38)54-51(35-22-12-5-13-23-35,36-24-14-6-15-25-36)37-26-16-7-17-27-37/h3-27,30,42,44-45H,28-29H2,1-2H3,(H,52,54)(H,53,60). The number of allylic oxidation sites excluding steroid dienone is 1. The van der Waals surface area contributed by atoms with Crippen LogP contribution in [0, 0.1) is 6.92 Å². The van der Waals surface area contributed by atoms with Crippen molar-refractivity contribution in [1.29, 1.82) is 0 Å². The Morgan fingerprint density at radius 2 is 1.36 bits per heavy atom. The molecule has 7 aromatic rings. The number of carbonyl (C=O) groups excluding carboxylic acids is 4. The molecule has 4 heterocycles. The number of esters is 1. The van der Waals surface area contributed by atoms with Crippen LogP contribution in [0.2, 0.25) is 0 Å². The molecular weight excluding hydrogens is 903 g/mol. The highest BCUT2D eigenvalue weighted by Crippen LogP contribution is 2.42. The summed E-state index contributed by atoms with van der Waals surface area (Å²) < 4.78 is 6.28. The summed E-state index contributed by atoms with van der Waals surface area (Å²) in [5.41, 5.74) is 3.46. The number of β-lactam (4-membered cyclic amide) rings is 1. The maximum atomic E-state index is 14.6. The van der Waals surface area contributed by atoms with Gasteiger partial charge in [0.1, 0.15) is 41.1 Å². The van der Waals surface area contributed by atoms with E-state index in [1.807, 2.05) is 152 Å². The van der Waals surface area contributed by atoms with Gasteiger partial charge < -0.3 is 20.2 Å². The molecule has 5 aromatic carbocycles. The van der Waals surface area contributed by atoms with Gasteiger partial charge in [0.15, 0.2) is 27.7 Å². The fraction of sp³-hybridized carbons (Fsp3) is 0.157. The van der Waals surface area contributed by atoms with Crippen molar-refractivity contribution in [2.75, 3.05) is 12.4 Å². The number of carbonyl (C=O) groups is 4. The van der Waals surface area contributed by atoms with Gasteiger partial charge in [-0.05, 0) is 40.3 Å². The van der Waals surface area contributed by atoms with Crippen molar-refractivity contribution in [3.8, 4) is 0 Å². The van der Waals surface area contributed by atoms with Gasteiger partial charge in [-0.3, -0.25) is 19.3 Å². The minimum Gasteiger partial charge on any atom is -0.448 e. The van der Waals surface area contributed by atoms with Crippen LogP contribution in [0.3, 0.4) is 0 Å². The van der Waals surface area contributed by atoms with E-state index in [0.717, 1.165) is 21.6 Å². The van der Waals surface area contributed by atoms with Crippen LogP contribution in [-0.2, 0) is 34.3 Å². The van der Waals surface area contributed by atoms with Crippen LogP contribution in [0.15, 0.2) is 173 Å². The number of aromatic nitrogens is 3. The minimum atomic E-state index is -1.35. The van der Waals surface area contributed by atoms with Gasteiger partial charge in [0.05, 0.1) is 4.86 Å². The Balaban J connectivity index is 1.01. The monoisotopic (exact) mass is 943 g/mol. The Kier molecular flexibility index (Phi) is 13.0. The summed E-state index contributed by atoms with van der Waals surface area (Å²) in [6.07, 6.45) is -1.12. The van der Waals surface area contributed by atoms with E-state index in [4.69, 9.17) is 26.8 Å². The molecule has 2 aliphatic heterocycles. The summed E-state index contributed by atoms with van der Waals surface area (Å²) in [6, 6.07) is 45.8. The molecule has 0 spiro atoms. The van der Waals surface area contributed by atoms with Gasteiger partial charge in [-0.15, -0.1) is 21.5 Å². The number of rotatable bonds is 16. The maximum Gasteiger partial charge on any atom is 0.356 e. The smallest absolute Gasteiger partial charge is 0.356 e. The fourth-order valence-electron chi connectivity index (χ4n) is 8.48. The average molecular weight is 944 g/mol. The number of fused-ring (bicyclic) bond motifs is 1. The van der Waals surface area contributed by atoms with Crippen LogP contribution in [0.1, 0.15) is 62.5 Å². The normalized spacial score (nSPS) is 16.0. The van der Waals surface area contributed by atoms with Gasteiger partial charge in [0.25, 0.3) is 11.8 Å². The Labute approximate surface area is 399 Å². The first-order chi connectivity index (χ1) is 32.7. The van der Waals surface area contributed by atoms with E-state index in [2.05, 4.69) is 26.0 Å². The number of amides is 2. The molecule has 2 atom stereocenters. The van der Waals surface area contributed by atoms with Crippen molar-refractivity contribution in [3.05, 3.63) is 212 Å². The van der Waals surface area contributed by atoms with Crippen molar-refractivity contribution >= 4 is 74.2 Å². The fourth-order valence-corrected chi connectivity index (χ4v) is 10.2. The predicted octanol–water partition coefficient (Wildman–Crippen LogP) is 8.12. The third kappa shape index (κ3) is 8.93. The van der Waals surface area contributed by atoms with Crippen LogP contribution in [0.5, 0.6) is 0 Å². The lowest BCUT2D eigenvalue weighted by Gasteiger charge is -2.49. The van der Waals surface area contributed by atoms with E-state index in [0.29, 0.717) is 36.7 Å². The second kappa shape index (κ2) is 19.5. The number of hydrogen-bond donors (Lipinski definition) is 2. The molecule has 0 bridgehead atoms. The Morgan fingerprint density at radius 3 is 1.87 bits per heavy atom. The number of thiocarbonyl (C=S) groups is 1. The zero-order valence-corrected chi connectivity index (χ0v) is 38.5. The number of hydrogen-bond acceptors (Lipinski definition) is 14. The summed E-state index contributed by atoms with van der Waals surface area (Å²) in [5, 5.41) is 22.0. The molecule has 67 heavy (non-hydrogen) atoms. The third-order valence-corrected chi connectivity index (χ3v) is 13.6. The Hall–Kier alpha value is -7.53. The maximum absolute atomic E-state index is 14.6. The third-order valence-electron chi connectivity index (χ3n) is 11.5. The lowest BCUT2D eigenvalue weighted by molar-refractivity contribution is -0.162. The van der Waals surface area contributed by atoms with Crippen molar-refractivity contribution in [2.45, 2.75) is 43.5 Å². The predicted molar refractivity (Wildman–Crippen MR) is 259 cm³/mol. The Morgan fingerprint density at radius 1 is 0.821 bits per heavy atom. The summed E-state index contributed by atoms with van der Waals surface area (Å²) in [6.45, 7) is 1.79. The molecule has 2 amide bonds. The number of thiazole rings is 1. The van der Waals surface area contributed by atoms with Crippen LogP contribution in [0.25, 0.3) is 0 Å². The zero-order valence-electron chi connectivity index (χ0n) is 36.1. The van der Waals surface area contributed by atoms with E-state index in [9.17, 15) is 19.2 Å². The molecule has 1 fully saturated rings. The van der Waals surface area contributed by atoms with Gasteiger partial charge in [-0.2, -0.15) is 0 Å². The highest BCUT2D eigenvalue weighted by atomic mass is 32.1. The number of ketones is 1. The van der Waals surface area contributed by atoms with E-state index in [-0.39, 0.29) is 29.9 Å². The van der Waals surface area contributed by atoms with Gasteiger partial charge in [0.2, 0.25) is 0 Å². The highest BCUT2D eigenvalue weighted by Gasteiger charge is 2.58. The van der Waals surface area contributed by atoms with E-state index in [1.54, 1.807) is 12.3 Å². The van der Waals surface area contributed by atoms with E-state index < -0.39 is 47.3 Å². The summed E-state index contributed by atoms with van der Waals surface area (Å²) in [4.78, 5) is 68.9. The molecule has 2 N–H and O–H groups in total. The molecule has 9 rings (SSSR count). The average Bonchev–Trinajstić information content (AvgIpc) is 4.03. The van der Waals surface area contributed by atoms with Crippen molar-refractivity contribution in [1.82, 2.24) is 25.4 Å². The number of ether oxygens (including phenoxy) is 1. The highest BCUT2D eigenvalue weighted by molar-refractivity contribution is 7.81. The van der Waals surface area contributed by atoms with Gasteiger partial charge in [0, 0.05) is 18.2 Å². The number of nitrogens with zero attached hydrogens (tertiary/aromatic N) is 5. The van der Waals surface area contributed by atoms with Crippen LogP contribution >= 0.6 is 34.9 Å². The second-order valence-electron chi connectivity index (χ2n) is 15.7. The number of benzene rings is 5. The van der Waals surface area contributed by atoms with Gasteiger partial charge >= 0.3 is 5.97 Å². The van der Waals surface area contributed by atoms with E-state index >= 15 is 0 Å². The van der Waals surface area contributed by atoms with E-state index in [1.165, 1.54) is 29.8 Å². The molecule has 0 saturated carbocycles. The molecule has 2 aliphatic rings. The lowest BCUT2D eigenvalue weighted by atomic mass is 9.77. The lowest BCUT2D eigenvalue weighted by Crippen LogP contribution is -2.75. The molecule has 16 heteroatoms. The van der Waals surface area contributed by atoms with Gasteiger partial charge in [-0.1, -0.05) is 180 Å². The topological polar surface area (TPSA) is 165 Å². The zero-order chi connectivity index (χ0) is 46.5. The summed E-state index contributed by atoms with van der Waals surface area (Å²) in [5.74, 6) is -2.74. The van der Waals surface area contributed by atoms with Crippen LogP contribution in [0.4, 0.5) is 5.13 Å². The van der Waals surface area contributed by atoms with Crippen molar-refractivity contribution < 1.29 is 28.8 Å². The number of Topliss-reactive ketones (excluding diaryl/α,β-unsaturated/α-hetero) is 1. The first kappa shape index (κ1) is 44.7. The first-order valence-corrected chi connectivity index (χ1v) is 23.3. The minimum absolute atomic E-state index is 0.0278. The molecule has 2 unspecified atom stereocenters. The SMILES string of the molecule is CON=C(C(=O)NC1C(=O)N2C(C(=O)OC(c3ccccc3)c3ccccc3)=C(CC(=S)c3nnc(C)s3)CC(=O)C12)c1csc(NC(c2ccccc2)(c2ccccc2)c2ccccc2)n1. The molecule has 0 radical (unpaired) electrons.